The Labute approximate surface area is 101 Å². The van der Waals surface area contributed by atoms with Crippen LogP contribution in [0.1, 0.15) is 68.3 Å². The summed E-state index contributed by atoms with van der Waals surface area (Å²) in [4.78, 5) is 11.6. The molecule has 0 atom stereocenters. The molecule has 0 N–H and O–H groups in total. The molecule has 0 aliphatic heterocycles. The number of carbonyl (C=O) groups excluding carboxylic acids is 1. The van der Waals surface area contributed by atoms with Gasteiger partial charge in [0.1, 0.15) is 5.69 Å². The van der Waals surface area contributed by atoms with Crippen LogP contribution in [-0.2, 0) is 11.3 Å². The number of ketones is 1. The summed E-state index contributed by atoms with van der Waals surface area (Å²) in [6.07, 6.45) is 2.18. The number of carbonyl (C=O) groups is 1. The van der Waals surface area contributed by atoms with Gasteiger partial charge < -0.3 is 9.26 Å². The quantitative estimate of drug-likeness (QED) is 0.755. The molecule has 2 rings (SSSR count). The molecule has 1 aliphatic carbocycles. The number of rotatable bonds is 4. The molecule has 0 unspecified atom stereocenters. The molecule has 1 aromatic heterocycles. The number of ether oxygens (including phenoxy) is 1. The van der Waals surface area contributed by atoms with Gasteiger partial charge in [0.25, 0.3) is 0 Å². The fourth-order valence-electron chi connectivity index (χ4n) is 1.72. The lowest BCUT2D eigenvalue weighted by Crippen LogP contribution is -2.19. The molecule has 17 heavy (non-hydrogen) atoms. The highest BCUT2D eigenvalue weighted by atomic mass is 16.5. The third-order valence-corrected chi connectivity index (χ3v) is 2.73. The van der Waals surface area contributed by atoms with Gasteiger partial charge in [-0.2, -0.15) is 0 Å². The van der Waals surface area contributed by atoms with Crippen molar-refractivity contribution in [3.8, 4) is 0 Å². The Kier molecular flexibility index (Phi) is 3.08. The zero-order valence-corrected chi connectivity index (χ0v) is 10.9. The molecule has 4 nitrogen and oxygen atoms in total. The van der Waals surface area contributed by atoms with Gasteiger partial charge in [-0.15, -0.1) is 0 Å². The van der Waals surface area contributed by atoms with Crippen molar-refractivity contribution in [3.63, 3.8) is 0 Å². The van der Waals surface area contributed by atoms with Gasteiger partial charge >= 0.3 is 0 Å². The highest BCUT2D eigenvalue weighted by Crippen LogP contribution is 2.42. The Morgan fingerprint density at radius 1 is 1.47 bits per heavy atom. The van der Waals surface area contributed by atoms with Crippen molar-refractivity contribution in [2.75, 3.05) is 0 Å². The highest BCUT2D eigenvalue weighted by Gasteiger charge is 2.34. The first-order chi connectivity index (χ1) is 7.88. The van der Waals surface area contributed by atoms with Crippen LogP contribution in [0, 0.1) is 0 Å². The van der Waals surface area contributed by atoms with Crippen LogP contribution in [-0.4, -0.2) is 16.5 Å². The zero-order valence-electron chi connectivity index (χ0n) is 10.9. The van der Waals surface area contributed by atoms with Crippen molar-refractivity contribution in [1.29, 1.82) is 0 Å². The van der Waals surface area contributed by atoms with Crippen molar-refractivity contribution < 1.29 is 14.1 Å². The van der Waals surface area contributed by atoms with Gasteiger partial charge in [0, 0.05) is 5.92 Å². The van der Waals surface area contributed by atoms with Crippen molar-refractivity contribution >= 4 is 5.78 Å². The van der Waals surface area contributed by atoms with E-state index in [1.165, 1.54) is 0 Å². The van der Waals surface area contributed by atoms with Crippen LogP contribution in [0.25, 0.3) is 0 Å². The predicted molar refractivity (Wildman–Crippen MR) is 63.0 cm³/mol. The second-order valence-corrected chi connectivity index (χ2v) is 5.60. The number of aromatic nitrogens is 1. The Hall–Kier alpha value is -1.16. The van der Waals surface area contributed by atoms with Crippen LogP contribution in [0.15, 0.2) is 4.52 Å². The number of Topliss-reactive ketones (excluding diaryl/α,β-unsaturated/α-hetero) is 1. The van der Waals surface area contributed by atoms with Crippen LogP contribution in [0.4, 0.5) is 0 Å². The van der Waals surface area contributed by atoms with Crippen LogP contribution in [0.3, 0.4) is 0 Å². The van der Waals surface area contributed by atoms with Gasteiger partial charge in [-0.25, -0.2) is 0 Å². The summed E-state index contributed by atoms with van der Waals surface area (Å²) < 4.78 is 10.9. The summed E-state index contributed by atoms with van der Waals surface area (Å²) in [5.74, 6) is 1.16. The largest absolute Gasteiger partial charge is 0.369 e. The standard InChI is InChI=1S/C13H19NO3/c1-8(15)11-10(7-16-13(2,3)4)14-17-12(11)9-5-6-9/h9H,5-7H2,1-4H3. The minimum atomic E-state index is -0.243. The SMILES string of the molecule is CC(=O)c1c(COC(C)(C)C)noc1C1CC1. The molecule has 0 spiro atoms. The average molecular weight is 237 g/mol. The Balaban J connectivity index is 2.19. The van der Waals surface area contributed by atoms with Gasteiger partial charge in [0.2, 0.25) is 0 Å². The van der Waals surface area contributed by atoms with Gasteiger partial charge in [-0.1, -0.05) is 5.16 Å². The van der Waals surface area contributed by atoms with Crippen LogP contribution in [0.2, 0.25) is 0 Å². The molecule has 0 radical (unpaired) electrons. The van der Waals surface area contributed by atoms with E-state index in [1.54, 1.807) is 6.92 Å². The average Bonchev–Trinajstić information content (AvgIpc) is 2.94. The number of nitrogens with zero attached hydrogens (tertiary/aromatic N) is 1. The second kappa shape index (κ2) is 4.26. The molecule has 0 bridgehead atoms. The Morgan fingerprint density at radius 2 is 2.12 bits per heavy atom. The molecular weight excluding hydrogens is 218 g/mol. The second-order valence-electron chi connectivity index (χ2n) is 5.60. The lowest BCUT2D eigenvalue weighted by Gasteiger charge is -2.18. The van der Waals surface area contributed by atoms with Crippen molar-refractivity contribution in [1.82, 2.24) is 5.16 Å². The first kappa shape index (κ1) is 12.3. The van der Waals surface area contributed by atoms with Crippen molar-refractivity contribution in [3.05, 3.63) is 17.0 Å². The third-order valence-electron chi connectivity index (χ3n) is 2.73. The van der Waals surface area contributed by atoms with E-state index in [4.69, 9.17) is 9.26 Å². The summed E-state index contributed by atoms with van der Waals surface area (Å²) in [5.41, 5.74) is 1.03. The van der Waals surface area contributed by atoms with E-state index in [2.05, 4.69) is 5.16 Å². The molecule has 1 fully saturated rings. The number of hydrogen-bond acceptors (Lipinski definition) is 4. The van der Waals surface area contributed by atoms with E-state index in [0.29, 0.717) is 23.8 Å². The summed E-state index contributed by atoms with van der Waals surface area (Å²) in [7, 11) is 0. The van der Waals surface area contributed by atoms with Crippen molar-refractivity contribution in [2.45, 2.75) is 58.7 Å². The fraction of sp³-hybridized carbons (Fsp3) is 0.692. The van der Waals surface area contributed by atoms with Crippen LogP contribution < -0.4 is 0 Å². The molecule has 4 heteroatoms. The predicted octanol–water partition coefficient (Wildman–Crippen LogP) is 3.07. The maximum absolute atomic E-state index is 11.6. The summed E-state index contributed by atoms with van der Waals surface area (Å²) >= 11 is 0. The molecule has 1 saturated carbocycles. The molecule has 1 aliphatic rings. The summed E-state index contributed by atoms with van der Waals surface area (Å²) in [5, 5.41) is 3.98. The first-order valence-corrected chi connectivity index (χ1v) is 6.02. The zero-order chi connectivity index (χ0) is 12.6. The Morgan fingerprint density at radius 3 is 2.59 bits per heavy atom. The number of hydrogen-bond donors (Lipinski definition) is 0. The molecule has 0 amide bonds. The van der Waals surface area contributed by atoms with E-state index in [9.17, 15) is 4.79 Å². The molecular formula is C13H19NO3. The van der Waals surface area contributed by atoms with Gasteiger partial charge in [-0.3, -0.25) is 4.79 Å². The maximum Gasteiger partial charge on any atom is 0.165 e. The normalized spacial score (nSPS) is 16.2. The first-order valence-electron chi connectivity index (χ1n) is 6.02. The monoisotopic (exact) mass is 237 g/mol. The molecule has 1 heterocycles. The lowest BCUT2D eigenvalue weighted by atomic mass is 10.1. The molecule has 0 aromatic carbocycles. The van der Waals surface area contributed by atoms with E-state index in [0.717, 1.165) is 18.6 Å². The van der Waals surface area contributed by atoms with E-state index >= 15 is 0 Å². The van der Waals surface area contributed by atoms with Crippen molar-refractivity contribution in [2.24, 2.45) is 0 Å². The minimum Gasteiger partial charge on any atom is -0.369 e. The lowest BCUT2D eigenvalue weighted by molar-refractivity contribution is -0.0176. The van der Waals surface area contributed by atoms with Crippen LogP contribution in [0.5, 0.6) is 0 Å². The van der Waals surface area contributed by atoms with E-state index in [1.807, 2.05) is 20.8 Å². The summed E-state index contributed by atoms with van der Waals surface area (Å²) in [6.45, 7) is 7.81. The van der Waals surface area contributed by atoms with E-state index < -0.39 is 0 Å². The summed E-state index contributed by atoms with van der Waals surface area (Å²) in [6, 6.07) is 0. The highest BCUT2D eigenvalue weighted by molar-refractivity contribution is 5.96. The topological polar surface area (TPSA) is 52.3 Å². The molecule has 1 aromatic rings. The van der Waals surface area contributed by atoms with Crippen LogP contribution >= 0.6 is 0 Å². The maximum atomic E-state index is 11.6. The van der Waals surface area contributed by atoms with Gasteiger partial charge in [0.15, 0.2) is 11.5 Å². The third kappa shape index (κ3) is 2.94. The van der Waals surface area contributed by atoms with Gasteiger partial charge in [0.05, 0.1) is 17.8 Å². The smallest absolute Gasteiger partial charge is 0.165 e. The molecule has 0 saturated heterocycles. The minimum absolute atomic E-state index is 0.0145. The van der Waals surface area contributed by atoms with Gasteiger partial charge in [-0.05, 0) is 40.5 Å². The Bertz CT molecular complexity index is 424. The van der Waals surface area contributed by atoms with E-state index in [-0.39, 0.29) is 11.4 Å². The molecule has 94 valence electrons. The fourth-order valence-corrected chi connectivity index (χ4v) is 1.72.